The number of H-pyrrole nitrogens is 1. The van der Waals surface area contributed by atoms with E-state index in [1.807, 2.05) is 30.3 Å². The molecule has 0 saturated carbocycles. The summed E-state index contributed by atoms with van der Waals surface area (Å²) < 4.78 is 3.26. The minimum Gasteiger partial charge on any atom is -0.341 e. The highest BCUT2D eigenvalue weighted by molar-refractivity contribution is 9.10. The van der Waals surface area contributed by atoms with Gasteiger partial charge in [-0.05, 0) is 36.4 Å². The monoisotopic (exact) mass is 401 g/mol. The van der Waals surface area contributed by atoms with E-state index in [-0.39, 0.29) is 0 Å². The highest BCUT2D eigenvalue weighted by atomic mass is 79.9. The molecule has 0 fully saturated rings. The summed E-state index contributed by atoms with van der Waals surface area (Å²) in [5.74, 6) is 0. The molecule has 3 aromatic carbocycles. The van der Waals surface area contributed by atoms with Crippen molar-refractivity contribution in [3.63, 3.8) is 0 Å². The van der Waals surface area contributed by atoms with E-state index >= 15 is 0 Å². The van der Waals surface area contributed by atoms with Crippen molar-refractivity contribution in [1.29, 1.82) is 0 Å². The minimum atomic E-state index is 0.953. The van der Waals surface area contributed by atoms with Crippen LogP contribution in [0.3, 0.4) is 0 Å². The lowest BCUT2D eigenvalue weighted by Gasteiger charge is -2.10. The molecule has 0 saturated heterocycles. The molecule has 5 rings (SSSR count). The van der Waals surface area contributed by atoms with E-state index in [1.165, 1.54) is 5.39 Å². The normalized spacial score (nSPS) is 12.5. The molecule has 2 heterocycles. The SMILES string of the molecule is Cn1c2ccc(Br)cc2c(=Nc2ccccc2)c2c3ccccc3[nH]c21. The van der Waals surface area contributed by atoms with Gasteiger partial charge in [-0.3, -0.25) is 0 Å². The molecule has 1 N–H and O–H groups in total. The summed E-state index contributed by atoms with van der Waals surface area (Å²) in [5.41, 5.74) is 4.30. The van der Waals surface area contributed by atoms with E-state index in [0.717, 1.165) is 43.0 Å². The van der Waals surface area contributed by atoms with Crippen LogP contribution in [0, 0.1) is 0 Å². The Labute approximate surface area is 158 Å². The Morgan fingerprint density at radius 2 is 1.65 bits per heavy atom. The molecule has 0 aliphatic carbocycles. The largest absolute Gasteiger partial charge is 0.341 e. The van der Waals surface area contributed by atoms with E-state index in [1.54, 1.807) is 0 Å². The second kappa shape index (κ2) is 5.85. The summed E-state index contributed by atoms with van der Waals surface area (Å²) in [4.78, 5) is 8.62. The predicted octanol–water partition coefficient (Wildman–Crippen LogP) is 5.81. The van der Waals surface area contributed by atoms with E-state index in [4.69, 9.17) is 4.99 Å². The smallest absolute Gasteiger partial charge is 0.120 e. The average Bonchev–Trinajstić information content (AvgIpc) is 3.06. The summed E-state index contributed by atoms with van der Waals surface area (Å²) >= 11 is 3.62. The molecule has 0 atom stereocenters. The minimum absolute atomic E-state index is 0.953. The summed E-state index contributed by atoms with van der Waals surface area (Å²) in [5, 5.41) is 4.47. The van der Waals surface area contributed by atoms with Crippen LogP contribution >= 0.6 is 15.9 Å². The number of fused-ring (bicyclic) bond motifs is 4. The van der Waals surface area contributed by atoms with Crippen molar-refractivity contribution >= 4 is 54.5 Å². The first-order valence-electron chi connectivity index (χ1n) is 8.51. The van der Waals surface area contributed by atoms with Crippen LogP contribution in [0.4, 0.5) is 5.69 Å². The van der Waals surface area contributed by atoms with Crippen LogP contribution in [0.25, 0.3) is 32.8 Å². The van der Waals surface area contributed by atoms with Gasteiger partial charge in [-0.2, -0.15) is 0 Å². The van der Waals surface area contributed by atoms with Gasteiger partial charge in [0.25, 0.3) is 0 Å². The third-order valence-electron chi connectivity index (χ3n) is 4.83. The fourth-order valence-electron chi connectivity index (χ4n) is 3.61. The third kappa shape index (κ3) is 2.30. The zero-order chi connectivity index (χ0) is 17.7. The molecular formula is C22H16BrN3. The Morgan fingerprint density at radius 3 is 2.50 bits per heavy atom. The van der Waals surface area contributed by atoms with Gasteiger partial charge in [0.1, 0.15) is 5.65 Å². The van der Waals surface area contributed by atoms with Crippen molar-refractivity contribution in [2.75, 3.05) is 0 Å². The van der Waals surface area contributed by atoms with Crippen LogP contribution in [0.1, 0.15) is 0 Å². The Bertz CT molecular complexity index is 1340. The van der Waals surface area contributed by atoms with Crippen molar-refractivity contribution in [3.05, 3.63) is 82.6 Å². The van der Waals surface area contributed by atoms with Gasteiger partial charge in [0.2, 0.25) is 0 Å². The number of aromatic amines is 1. The van der Waals surface area contributed by atoms with Crippen LogP contribution < -0.4 is 5.36 Å². The van der Waals surface area contributed by atoms with Crippen LogP contribution in [0.15, 0.2) is 82.3 Å². The maximum Gasteiger partial charge on any atom is 0.120 e. The van der Waals surface area contributed by atoms with Crippen molar-refractivity contribution in [1.82, 2.24) is 9.55 Å². The molecule has 0 spiro atoms. The molecule has 0 amide bonds. The number of nitrogens with zero attached hydrogens (tertiary/aromatic N) is 2. The van der Waals surface area contributed by atoms with Gasteiger partial charge in [0.05, 0.1) is 21.9 Å². The van der Waals surface area contributed by atoms with Gasteiger partial charge in [0, 0.05) is 27.8 Å². The number of nitrogens with one attached hydrogen (secondary N) is 1. The van der Waals surface area contributed by atoms with Gasteiger partial charge in [0.15, 0.2) is 0 Å². The third-order valence-corrected chi connectivity index (χ3v) is 5.32. The van der Waals surface area contributed by atoms with E-state index < -0.39 is 0 Å². The summed E-state index contributed by atoms with van der Waals surface area (Å²) in [6.45, 7) is 0. The van der Waals surface area contributed by atoms with Crippen LogP contribution in [0.2, 0.25) is 0 Å². The van der Waals surface area contributed by atoms with Crippen molar-refractivity contribution < 1.29 is 0 Å². The molecule has 26 heavy (non-hydrogen) atoms. The molecule has 126 valence electrons. The molecule has 4 heteroatoms. The second-order valence-corrected chi connectivity index (χ2v) is 7.33. The Hall–Kier alpha value is -2.85. The lowest BCUT2D eigenvalue weighted by Crippen LogP contribution is -2.10. The second-order valence-electron chi connectivity index (χ2n) is 6.41. The molecule has 0 unspecified atom stereocenters. The van der Waals surface area contributed by atoms with Gasteiger partial charge in [-0.15, -0.1) is 0 Å². The van der Waals surface area contributed by atoms with Crippen LogP contribution in [0.5, 0.6) is 0 Å². The summed E-state index contributed by atoms with van der Waals surface area (Å²) in [7, 11) is 2.10. The maximum absolute atomic E-state index is 5.05. The summed E-state index contributed by atoms with van der Waals surface area (Å²) in [6, 6.07) is 24.9. The standard InChI is InChI=1S/C22H16BrN3/c1-26-19-12-11-14(23)13-17(19)21(24-15-7-3-2-4-8-15)20-16-9-5-6-10-18(16)25-22(20)26/h2-13,25H,1H3. The molecular weight excluding hydrogens is 386 g/mol. The molecule has 0 aliphatic heterocycles. The molecule has 5 aromatic rings. The number of benzene rings is 3. The van der Waals surface area contributed by atoms with E-state index in [2.05, 4.69) is 75.0 Å². The number of halogens is 1. The maximum atomic E-state index is 5.05. The Balaban J connectivity index is 2.10. The van der Waals surface area contributed by atoms with Crippen LogP contribution in [-0.2, 0) is 7.05 Å². The number of pyridine rings is 1. The fourth-order valence-corrected chi connectivity index (χ4v) is 3.97. The first kappa shape index (κ1) is 15.4. The van der Waals surface area contributed by atoms with Gasteiger partial charge < -0.3 is 9.55 Å². The van der Waals surface area contributed by atoms with Crippen molar-refractivity contribution in [2.45, 2.75) is 0 Å². The Morgan fingerprint density at radius 1 is 0.885 bits per heavy atom. The first-order chi connectivity index (χ1) is 12.7. The number of hydrogen-bond donors (Lipinski definition) is 1. The number of hydrogen-bond acceptors (Lipinski definition) is 1. The quantitative estimate of drug-likeness (QED) is 0.367. The zero-order valence-corrected chi connectivity index (χ0v) is 15.8. The Kier molecular flexibility index (Phi) is 3.47. The predicted molar refractivity (Wildman–Crippen MR) is 112 cm³/mol. The number of aryl methyl sites for hydroxylation is 1. The van der Waals surface area contributed by atoms with Crippen molar-refractivity contribution in [2.24, 2.45) is 12.0 Å². The fraction of sp³-hybridized carbons (Fsp3) is 0.0455. The first-order valence-corrected chi connectivity index (χ1v) is 9.30. The topological polar surface area (TPSA) is 33.1 Å². The number of rotatable bonds is 1. The van der Waals surface area contributed by atoms with Crippen LogP contribution in [-0.4, -0.2) is 9.55 Å². The molecule has 3 nitrogen and oxygen atoms in total. The van der Waals surface area contributed by atoms with Gasteiger partial charge >= 0.3 is 0 Å². The van der Waals surface area contributed by atoms with E-state index in [9.17, 15) is 0 Å². The van der Waals surface area contributed by atoms with E-state index in [0.29, 0.717) is 0 Å². The number of aromatic nitrogens is 2. The van der Waals surface area contributed by atoms with Crippen molar-refractivity contribution in [3.8, 4) is 0 Å². The molecule has 0 radical (unpaired) electrons. The summed E-state index contributed by atoms with van der Waals surface area (Å²) in [6.07, 6.45) is 0. The lowest BCUT2D eigenvalue weighted by molar-refractivity contribution is 0.984. The lowest BCUT2D eigenvalue weighted by atomic mass is 10.1. The molecule has 2 aromatic heterocycles. The van der Waals surface area contributed by atoms with Gasteiger partial charge in [-0.25, -0.2) is 4.99 Å². The van der Waals surface area contributed by atoms with Gasteiger partial charge in [-0.1, -0.05) is 52.3 Å². The zero-order valence-electron chi connectivity index (χ0n) is 14.2. The molecule has 0 bridgehead atoms. The average molecular weight is 402 g/mol. The number of para-hydroxylation sites is 2. The highest BCUT2D eigenvalue weighted by Gasteiger charge is 2.13. The molecule has 0 aliphatic rings. The highest BCUT2D eigenvalue weighted by Crippen LogP contribution is 2.27.